The van der Waals surface area contributed by atoms with Crippen LogP contribution in [0.1, 0.15) is 40.1 Å². The molecule has 0 unspecified atom stereocenters. The summed E-state index contributed by atoms with van der Waals surface area (Å²) in [6.07, 6.45) is 3.55. The molecular formula is C21H25N5O. The summed E-state index contributed by atoms with van der Waals surface area (Å²) in [5, 5.41) is 7.06. The average Bonchev–Trinajstić information content (AvgIpc) is 3.00. The SMILES string of the molecule is Cc1cnn(C)c1NC(=O)c1ccc(CN(C)[C@@H](C)c2ccccn2)cc1. The zero-order valence-electron chi connectivity index (χ0n) is 16.2. The van der Waals surface area contributed by atoms with Gasteiger partial charge in [0.15, 0.2) is 0 Å². The first-order chi connectivity index (χ1) is 13.0. The Morgan fingerprint density at radius 3 is 2.56 bits per heavy atom. The van der Waals surface area contributed by atoms with Gasteiger partial charge in [0.2, 0.25) is 0 Å². The van der Waals surface area contributed by atoms with Crippen molar-refractivity contribution in [1.82, 2.24) is 19.7 Å². The molecule has 0 saturated carbocycles. The molecule has 0 bridgehead atoms. The Hall–Kier alpha value is -2.99. The molecule has 27 heavy (non-hydrogen) atoms. The molecule has 3 aromatic rings. The standard InChI is InChI=1S/C21H25N5O/c1-15-13-23-26(4)20(15)24-21(27)18-10-8-17(9-11-18)14-25(3)16(2)19-7-5-6-12-22-19/h5-13,16H,14H2,1-4H3,(H,24,27)/t16-/m0/s1. The van der Waals surface area contributed by atoms with Crippen molar-refractivity contribution < 1.29 is 4.79 Å². The molecule has 1 atom stereocenters. The summed E-state index contributed by atoms with van der Waals surface area (Å²) in [4.78, 5) is 19.1. The van der Waals surface area contributed by atoms with Gasteiger partial charge < -0.3 is 5.32 Å². The first-order valence-corrected chi connectivity index (χ1v) is 8.95. The van der Waals surface area contributed by atoms with E-state index in [1.54, 1.807) is 10.9 Å². The van der Waals surface area contributed by atoms with Gasteiger partial charge in [-0.25, -0.2) is 0 Å². The number of aryl methyl sites for hydroxylation is 2. The molecular weight excluding hydrogens is 338 g/mol. The molecule has 2 aromatic heterocycles. The molecule has 0 spiro atoms. The third kappa shape index (κ3) is 4.41. The number of amides is 1. The second-order valence-corrected chi connectivity index (χ2v) is 6.80. The summed E-state index contributed by atoms with van der Waals surface area (Å²) in [7, 11) is 3.88. The van der Waals surface area contributed by atoms with Crippen LogP contribution in [0.25, 0.3) is 0 Å². The van der Waals surface area contributed by atoms with E-state index in [-0.39, 0.29) is 11.9 Å². The van der Waals surface area contributed by atoms with Gasteiger partial charge in [0, 0.05) is 37.0 Å². The highest BCUT2D eigenvalue weighted by molar-refractivity contribution is 6.04. The minimum absolute atomic E-state index is 0.136. The predicted molar refractivity (Wildman–Crippen MR) is 106 cm³/mol. The van der Waals surface area contributed by atoms with Crippen LogP contribution in [-0.4, -0.2) is 32.6 Å². The largest absolute Gasteiger partial charge is 0.307 e. The monoisotopic (exact) mass is 363 g/mol. The number of pyridine rings is 1. The van der Waals surface area contributed by atoms with Crippen LogP contribution in [0, 0.1) is 6.92 Å². The number of carbonyl (C=O) groups excluding carboxylic acids is 1. The van der Waals surface area contributed by atoms with Crippen LogP contribution in [0.2, 0.25) is 0 Å². The van der Waals surface area contributed by atoms with Gasteiger partial charge in [-0.2, -0.15) is 5.10 Å². The molecule has 3 rings (SSSR count). The fourth-order valence-corrected chi connectivity index (χ4v) is 2.94. The van der Waals surface area contributed by atoms with E-state index in [1.165, 1.54) is 0 Å². The van der Waals surface area contributed by atoms with Crippen LogP contribution in [0.5, 0.6) is 0 Å². The smallest absolute Gasteiger partial charge is 0.256 e. The van der Waals surface area contributed by atoms with Crippen molar-refractivity contribution in [2.24, 2.45) is 7.05 Å². The molecule has 1 N–H and O–H groups in total. The number of aromatic nitrogens is 3. The van der Waals surface area contributed by atoms with Crippen LogP contribution in [0.4, 0.5) is 5.82 Å². The van der Waals surface area contributed by atoms with Crippen molar-refractivity contribution in [3.05, 3.63) is 77.2 Å². The molecule has 0 aliphatic carbocycles. The van der Waals surface area contributed by atoms with E-state index in [4.69, 9.17) is 0 Å². The number of nitrogens with one attached hydrogen (secondary N) is 1. The van der Waals surface area contributed by atoms with Crippen molar-refractivity contribution in [2.45, 2.75) is 26.4 Å². The zero-order valence-corrected chi connectivity index (χ0v) is 16.2. The number of benzene rings is 1. The second-order valence-electron chi connectivity index (χ2n) is 6.80. The summed E-state index contributed by atoms with van der Waals surface area (Å²) < 4.78 is 1.66. The van der Waals surface area contributed by atoms with Crippen LogP contribution in [0.15, 0.2) is 54.9 Å². The van der Waals surface area contributed by atoms with E-state index in [9.17, 15) is 4.79 Å². The van der Waals surface area contributed by atoms with Gasteiger partial charge in [0.05, 0.1) is 11.9 Å². The summed E-state index contributed by atoms with van der Waals surface area (Å²) in [5.41, 5.74) is 3.75. The number of anilines is 1. The lowest BCUT2D eigenvalue weighted by Crippen LogP contribution is -2.22. The minimum atomic E-state index is -0.136. The Morgan fingerprint density at radius 1 is 1.22 bits per heavy atom. The normalized spacial score (nSPS) is 12.2. The Labute approximate surface area is 159 Å². The van der Waals surface area contributed by atoms with Crippen molar-refractivity contribution in [3.63, 3.8) is 0 Å². The van der Waals surface area contributed by atoms with Gasteiger partial charge in [-0.3, -0.25) is 19.4 Å². The number of rotatable bonds is 6. The second kappa shape index (κ2) is 8.14. The zero-order chi connectivity index (χ0) is 19.4. The van der Waals surface area contributed by atoms with Gasteiger partial charge in [-0.15, -0.1) is 0 Å². The third-order valence-corrected chi connectivity index (χ3v) is 4.78. The molecule has 0 radical (unpaired) electrons. The highest BCUT2D eigenvalue weighted by atomic mass is 16.1. The number of carbonyl (C=O) groups is 1. The Kier molecular flexibility index (Phi) is 5.66. The fourth-order valence-electron chi connectivity index (χ4n) is 2.94. The van der Waals surface area contributed by atoms with Gasteiger partial charge in [0.25, 0.3) is 5.91 Å². The van der Waals surface area contributed by atoms with E-state index in [1.807, 2.05) is 62.6 Å². The number of nitrogens with zero attached hydrogens (tertiary/aromatic N) is 4. The highest BCUT2D eigenvalue weighted by Crippen LogP contribution is 2.19. The van der Waals surface area contributed by atoms with Crippen LogP contribution in [0.3, 0.4) is 0 Å². The maximum Gasteiger partial charge on any atom is 0.256 e. The molecule has 2 heterocycles. The fraction of sp³-hybridized carbons (Fsp3) is 0.286. The molecule has 0 aliphatic heterocycles. The van der Waals surface area contributed by atoms with Crippen molar-refractivity contribution in [1.29, 1.82) is 0 Å². The molecule has 6 heteroatoms. The molecule has 1 amide bonds. The summed E-state index contributed by atoms with van der Waals surface area (Å²) in [6.45, 7) is 4.84. The molecule has 140 valence electrons. The van der Waals surface area contributed by atoms with Gasteiger partial charge in [-0.1, -0.05) is 18.2 Å². The summed E-state index contributed by atoms with van der Waals surface area (Å²) >= 11 is 0. The first-order valence-electron chi connectivity index (χ1n) is 8.95. The summed E-state index contributed by atoms with van der Waals surface area (Å²) in [5.74, 6) is 0.580. The Bertz CT molecular complexity index is 883. The Balaban J connectivity index is 1.64. The van der Waals surface area contributed by atoms with Crippen molar-refractivity contribution in [3.8, 4) is 0 Å². The third-order valence-electron chi connectivity index (χ3n) is 4.78. The summed E-state index contributed by atoms with van der Waals surface area (Å²) in [6, 6.07) is 13.9. The molecule has 0 fully saturated rings. The van der Waals surface area contributed by atoms with Crippen LogP contribution in [-0.2, 0) is 13.6 Å². The lowest BCUT2D eigenvalue weighted by molar-refractivity contribution is 0.102. The van der Waals surface area contributed by atoms with Gasteiger partial charge >= 0.3 is 0 Å². The topological polar surface area (TPSA) is 63.1 Å². The van der Waals surface area contributed by atoms with E-state index in [2.05, 4.69) is 34.3 Å². The molecule has 1 aromatic carbocycles. The molecule has 0 aliphatic rings. The van der Waals surface area contributed by atoms with Crippen molar-refractivity contribution in [2.75, 3.05) is 12.4 Å². The van der Waals surface area contributed by atoms with E-state index in [0.717, 1.165) is 23.4 Å². The van der Waals surface area contributed by atoms with Gasteiger partial charge in [0.1, 0.15) is 5.82 Å². The lowest BCUT2D eigenvalue weighted by atomic mass is 10.1. The first kappa shape index (κ1) is 18.8. The average molecular weight is 363 g/mol. The van der Waals surface area contributed by atoms with Gasteiger partial charge in [-0.05, 0) is 50.7 Å². The quantitative estimate of drug-likeness (QED) is 0.727. The predicted octanol–water partition coefficient (Wildman–Crippen LogP) is 3.57. The number of hydrogen-bond donors (Lipinski definition) is 1. The highest BCUT2D eigenvalue weighted by Gasteiger charge is 2.14. The van der Waals surface area contributed by atoms with E-state index in [0.29, 0.717) is 11.4 Å². The lowest BCUT2D eigenvalue weighted by Gasteiger charge is -2.24. The minimum Gasteiger partial charge on any atom is -0.307 e. The maximum atomic E-state index is 12.5. The molecule has 6 nitrogen and oxygen atoms in total. The van der Waals surface area contributed by atoms with E-state index < -0.39 is 0 Å². The van der Waals surface area contributed by atoms with Crippen molar-refractivity contribution >= 4 is 11.7 Å². The Morgan fingerprint density at radius 2 is 1.96 bits per heavy atom. The van der Waals surface area contributed by atoms with Crippen LogP contribution >= 0.6 is 0 Å². The maximum absolute atomic E-state index is 12.5. The number of hydrogen-bond acceptors (Lipinski definition) is 4. The van der Waals surface area contributed by atoms with Crippen LogP contribution < -0.4 is 5.32 Å². The van der Waals surface area contributed by atoms with E-state index >= 15 is 0 Å². The molecule has 0 saturated heterocycles.